The predicted octanol–water partition coefficient (Wildman–Crippen LogP) is 2.37. The minimum absolute atomic E-state index is 0.208. The first-order chi connectivity index (χ1) is 6.52. The molecule has 0 unspecified atom stereocenters. The maximum Gasteiger partial charge on any atom is 0.253 e. The lowest BCUT2D eigenvalue weighted by Gasteiger charge is -2.17. The smallest absolute Gasteiger partial charge is 0.253 e. The molecule has 1 rings (SSSR count). The molecule has 3 nitrogen and oxygen atoms in total. The quantitative estimate of drug-likeness (QED) is 0.578. The van der Waals surface area contributed by atoms with Crippen molar-refractivity contribution in [2.24, 2.45) is 5.92 Å². The van der Waals surface area contributed by atoms with Gasteiger partial charge in [0, 0.05) is 5.92 Å². The number of hydroxylamine groups is 1. The highest BCUT2D eigenvalue weighted by molar-refractivity contribution is 5.92. The molecule has 0 radical (unpaired) electrons. The third-order valence-electron chi connectivity index (χ3n) is 1.95. The van der Waals surface area contributed by atoms with Crippen molar-refractivity contribution in [2.75, 3.05) is 5.06 Å². The van der Waals surface area contributed by atoms with Crippen LogP contribution in [0.25, 0.3) is 0 Å². The number of hydrogen-bond donors (Lipinski definition) is 1. The molecule has 3 heteroatoms. The Morgan fingerprint density at radius 3 is 2.57 bits per heavy atom. The van der Waals surface area contributed by atoms with E-state index in [1.165, 1.54) is 0 Å². The third kappa shape index (κ3) is 2.33. The van der Waals surface area contributed by atoms with Crippen molar-refractivity contribution in [3.8, 4) is 0 Å². The van der Waals surface area contributed by atoms with E-state index in [2.05, 4.69) is 0 Å². The number of aryl methyl sites for hydroxylation is 1. The van der Waals surface area contributed by atoms with E-state index in [4.69, 9.17) is 0 Å². The Morgan fingerprint density at radius 2 is 2.07 bits per heavy atom. The van der Waals surface area contributed by atoms with Gasteiger partial charge in [0.15, 0.2) is 0 Å². The molecule has 1 amide bonds. The van der Waals surface area contributed by atoms with Crippen LogP contribution in [0.5, 0.6) is 0 Å². The summed E-state index contributed by atoms with van der Waals surface area (Å²) in [6.07, 6.45) is 0. The normalized spacial score (nSPS) is 10.4. The summed E-state index contributed by atoms with van der Waals surface area (Å²) in [5.74, 6) is -0.504. The average Bonchev–Trinajstić information content (AvgIpc) is 2.15. The zero-order valence-corrected chi connectivity index (χ0v) is 8.69. The van der Waals surface area contributed by atoms with Crippen LogP contribution in [0.3, 0.4) is 0 Å². The van der Waals surface area contributed by atoms with Gasteiger partial charge in [-0.1, -0.05) is 26.0 Å². The van der Waals surface area contributed by atoms with Gasteiger partial charge < -0.3 is 0 Å². The highest BCUT2D eigenvalue weighted by Gasteiger charge is 2.16. The van der Waals surface area contributed by atoms with Crippen LogP contribution in [-0.4, -0.2) is 11.1 Å². The average molecular weight is 193 g/mol. The van der Waals surface area contributed by atoms with Crippen LogP contribution in [0.2, 0.25) is 0 Å². The Bertz CT molecular complexity index is 334. The minimum Gasteiger partial charge on any atom is -0.281 e. The van der Waals surface area contributed by atoms with Crippen molar-refractivity contribution < 1.29 is 10.0 Å². The molecule has 0 aliphatic heterocycles. The van der Waals surface area contributed by atoms with Gasteiger partial charge in [-0.05, 0) is 24.6 Å². The summed E-state index contributed by atoms with van der Waals surface area (Å²) in [5.41, 5.74) is 1.53. The van der Waals surface area contributed by atoms with E-state index >= 15 is 0 Å². The van der Waals surface area contributed by atoms with Gasteiger partial charge >= 0.3 is 0 Å². The predicted molar refractivity (Wildman–Crippen MR) is 55.3 cm³/mol. The summed E-state index contributed by atoms with van der Waals surface area (Å²) < 4.78 is 0. The summed E-state index contributed by atoms with van der Waals surface area (Å²) in [6.45, 7) is 5.42. The van der Waals surface area contributed by atoms with Crippen LogP contribution in [-0.2, 0) is 4.79 Å². The number of benzene rings is 1. The molecule has 0 atom stereocenters. The highest BCUT2D eigenvalue weighted by atomic mass is 16.5. The third-order valence-corrected chi connectivity index (χ3v) is 1.95. The van der Waals surface area contributed by atoms with Gasteiger partial charge in [0.05, 0.1) is 5.69 Å². The zero-order valence-electron chi connectivity index (χ0n) is 8.69. The minimum atomic E-state index is -0.296. The maximum atomic E-state index is 11.4. The van der Waals surface area contributed by atoms with Gasteiger partial charge in [-0.3, -0.25) is 10.0 Å². The van der Waals surface area contributed by atoms with Crippen LogP contribution in [0.1, 0.15) is 19.4 Å². The van der Waals surface area contributed by atoms with E-state index in [-0.39, 0.29) is 11.8 Å². The van der Waals surface area contributed by atoms with Gasteiger partial charge in [0.25, 0.3) is 5.91 Å². The molecule has 0 aliphatic carbocycles. The molecule has 0 aromatic heterocycles. The van der Waals surface area contributed by atoms with E-state index in [1.807, 2.05) is 19.1 Å². The topological polar surface area (TPSA) is 40.5 Å². The SMILES string of the molecule is Cc1cccc(N(O)C(=O)C(C)C)c1. The zero-order chi connectivity index (χ0) is 10.7. The number of hydrogen-bond acceptors (Lipinski definition) is 2. The Kier molecular flexibility index (Phi) is 3.25. The Balaban J connectivity index is 2.89. The molecule has 0 fully saturated rings. The fraction of sp³-hybridized carbons (Fsp3) is 0.364. The second-order valence-corrected chi connectivity index (χ2v) is 3.64. The number of carbonyl (C=O) groups is 1. The largest absolute Gasteiger partial charge is 0.281 e. The molecule has 0 saturated heterocycles. The summed E-state index contributed by atoms with van der Waals surface area (Å²) in [6, 6.07) is 7.19. The fourth-order valence-electron chi connectivity index (χ4n) is 1.13. The van der Waals surface area contributed by atoms with E-state index in [9.17, 15) is 10.0 Å². The number of rotatable bonds is 2. The first-order valence-electron chi connectivity index (χ1n) is 4.62. The molecular formula is C11H15NO2. The van der Waals surface area contributed by atoms with Crippen LogP contribution in [0, 0.1) is 12.8 Å². The van der Waals surface area contributed by atoms with Gasteiger partial charge in [0.2, 0.25) is 0 Å². The number of anilines is 1. The van der Waals surface area contributed by atoms with Crippen molar-refractivity contribution in [2.45, 2.75) is 20.8 Å². The van der Waals surface area contributed by atoms with E-state index in [0.29, 0.717) is 10.8 Å². The number of carbonyl (C=O) groups excluding carboxylic acids is 1. The number of nitrogens with zero attached hydrogens (tertiary/aromatic N) is 1. The standard InChI is InChI=1S/C11H15NO2/c1-8(2)11(13)12(14)10-6-4-5-9(3)7-10/h4-8,14H,1-3H3. The molecule has 14 heavy (non-hydrogen) atoms. The first kappa shape index (κ1) is 10.7. The molecule has 1 N–H and O–H groups in total. The highest BCUT2D eigenvalue weighted by Crippen LogP contribution is 2.15. The summed E-state index contributed by atoms with van der Waals surface area (Å²) in [5, 5.41) is 10.3. The van der Waals surface area contributed by atoms with Crippen molar-refractivity contribution in [1.82, 2.24) is 0 Å². The van der Waals surface area contributed by atoms with E-state index < -0.39 is 0 Å². The van der Waals surface area contributed by atoms with Crippen LogP contribution < -0.4 is 5.06 Å². The lowest BCUT2D eigenvalue weighted by molar-refractivity contribution is -0.126. The molecule has 76 valence electrons. The molecule has 0 heterocycles. The first-order valence-corrected chi connectivity index (χ1v) is 4.62. The van der Waals surface area contributed by atoms with Crippen molar-refractivity contribution in [1.29, 1.82) is 0 Å². The monoisotopic (exact) mass is 193 g/mol. The Morgan fingerprint density at radius 1 is 1.43 bits per heavy atom. The fourth-order valence-corrected chi connectivity index (χ4v) is 1.13. The summed E-state index contributed by atoms with van der Waals surface area (Å²) >= 11 is 0. The second kappa shape index (κ2) is 4.24. The molecular weight excluding hydrogens is 178 g/mol. The lowest BCUT2D eigenvalue weighted by atomic mass is 10.2. The molecule has 1 aromatic carbocycles. The number of amides is 1. The summed E-state index contributed by atoms with van der Waals surface area (Å²) in [4.78, 5) is 11.4. The molecule has 0 saturated carbocycles. The lowest BCUT2D eigenvalue weighted by Crippen LogP contribution is -2.30. The van der Waals surface area contributed by atoms with Crippen molar-refractivity contribution in [3.63, 3.8) is 0 Å². The van der Waals surface area contributed by atoms with Crippen molar-refractivity contribution >= 4 is 11.6 Å². The second-order valence-electron chi connectivity index (χ2n) is 3.64. The van der Waals surface area contributed by atoms with Crippen molar-refractivity contribution in [3.05, 3.63) is 29.8 Å². The maximum absolute atomic E-state index is 11.4. The molecule has 1 aromatic rings. The van der Waals surface area contributed by atoms with Crippen LogP contribution >= 0.6 is 0 Å². The van der Waals surface area contributed by atoms with Gasteiger partial charge in [0.1, 0.15) is 0 Å². The van der Waals surface area contributed by atoms with Gasteiger partial charge in [-0.2, -0.15) is 5.06 Å². The molecule has 0 aliphatic rings. The van der Waals surface area contributed by atoms with Gasteiger partial charge in [-0.15, -0.1) is 0 Å². The molecule has 0 bridgehead atoms. The van der Waals surface area contributed by atoms with Crippen LogP contribution in [0.4, 0.5) is 5.69 Å². The van der Waals surface area contributed by atoms with Gasteiger partial charge in [-0.25, -0.2) is 0 Å². The van der Waals surface area contributed by atoms with E-state index in [1.54, 1.807) is 26.0 Å². The Hall–Kier alpha value is -1.35. The van der Waals surface area contributed by atoms with E-state index in [0.717, 1.165) is 5.56 Å². The summed E-state index contributed by atoms with van der Waals surface area (Å²) in [7, 11) is 0. The molecule has 0 spiro atoms. The van der Waals surface area contributed by atoms with Crippen LogP contribution in [0.15, 0.2) is 24.3 Å². The Labute approximate surface area is 83.9 Å².